The molecule has 0 spiro atoms. The molecule has 2 fully saturated rings. The number of hydrogen-bond donors (Lipinski definition) is 1. The summed E-state index contributed by atoms with van der Waals surface area (Å²) in [5.74, 6) is 1.01. The van der Waals surface area contributed by atoms with E-state index in [1.165, 1.54) is 12.8 Å². The number of carbonyl (C=O) groups is 1. The third kappa shape index (κ3) is 2.92. The van der Waals surface area contributed by atoms with Gasteiger partial charge in [-0.05, 0) is 31.8 Å². The van der Waals surface area contributed by atoms with Gasteiger partial charge in [-0.2, -0.15) is 0 Å². The Morgan fingerprint density at radius 2 is 2.33 bits per heavy atom. The van der Waals surface area contributed by atoms with Crippen LogP contribution in [0, 0.1) is 5.92 Å². The Labute approximate surface area is 91.6 Å². The highest BCUT2D eigenvalue weighted by Gasteiger charge is 2.23. The van der Waals surface area contributed by atoms with Crippen molar-refractivity contribution in [1.82, 2.24) is 15.1 Å². The van der Waals surface area contributed by atoms with Gasteiger partial charge in [-0.3, -0.25) is 9.69 Å². The smallest absolute Gasteiger partial charge is 0.236 e. The second kappa shape index (κ2) is 4.94. The van der Waals surface area contributed by atoms with Crippen LogP contribution in [-0.2, 0) is 4.79 Å². The zero-order valence-corrected chi connectivity index (χ0v) is 9.54. The maximum absolute atomic E-state index is 11.5. The molecule has 2 aliphatic rings. The first-order valence-corrected chi connectivity index (χ1v) is 5.93. The van der Waals surface area contributed by atoms with Gasteiger partial charge >= 0.3 is 0 Å². The molecule has 86 valence electrons. The molecule has 0 aromatic carbocycles. The summed E-state index contributed by atoms with van der Waals surface area (Å²) in [7, 11) is 1.89. The molecule has 1 N–H and O–H groups in total. The van der Waals surface area contributed by atoms with Crippen LogP contribution in [0.15, 0.2) is 0 Å². The summed E-state index contributed by atoms with van der Waals surface area (Å²) in [6.45, 7) is 5.93. The largest absolute Gasteiger partial charge is 0.343 e. The van der Waals surface area contributed by atoms with E-state index in [-0.39, 0.29) is 5.91 Å². The average molecular weight is 211 g/mol. The Bertz CT molecular complexity index is 226. The summed E-state index contributed by atoms with van der Waals surface area (Å²) in [6.07, 6.45) is 2.60. The van der Waals surface area contributed by atoms with Crippen molar-refractivity contribution < 1.29 is 4.79 Å². The molecule has 0 radical (unpaired) electrons. The molecule has 15 heavy (non-hydrogen) atoms. The zero-order chi connectivity index (χ0) is 10.7. The van der Waals surface area contributed by atoms with Crippen molar-refractivity contribution in [2.24, 2.45) is 5.92 Å². The second-order valence-corrected chi connectivity index (χ2v) is 4.76. The van der Waals surface area contributed by atoms with E-state index >= 15 is 0 Å². The number of likely N-dealkylation sites (N-methyl/N-ethyl adjacent to an activating group) is 1. The lowest BCUT2D eigenvalue weighted by Crippen LogP contribution is -2.50. The molecule has 0 aromatic heterocycles. The molecule has 2 saturated heterocycles. The highest BCUT2D eigenvalue weighted by molar-refractivity contribution is 5.78. The molecule has 2 heterocycles. The van der Waals surface area contributed by atoms with Gasteiger partial charge in [0.2, 0.25) is 5.91 Å². The fraction of sp³-hybridized carbons (Fsp3) is 0.909. The Kier molecular flexibility index (Phi) is 3.59. The average Bonchev–Trinajstić information content (AvgIpc) is 2.25. The highest BCUT2D eigenvalue weighted by Crippen LogP contribution is 2.13. The first-order chi connectivity index (χ1) is 7.25. The molecule has 4 heteroatoms. The lowest BCUT2D eigenvalue weighted by molar-refractivity contribution is -0.134. The minimum atomic E-state index is 0.269. The number of piperazine rings is 1. The highest BCUT2D eigenvalue weighted by atomic mass is 16.2. The molecule has 0 saturated carbocycles. The lowest BCUT2D eigenvalue weighted by Gasteiger charge is -2.35. The summed E-state index contributed by atoms with van der Waals surface area (Å²) >= 11 is 0. The summed E-state index contributed by atoms with van der Waals surface area (Å²) in [5.41, 5.74) is 0. The van der Waals surface area contributed by atoms with Crippen LogP contribution in [0.5, 0.6) is 0 Å². The van der Waals surface area contributed by atoms with Crippen LogP contribution in [0.2, 0.25) is 0 Å². The van der Waals surface area contributed by atoms with Gasteiger partial charge in [0.1, 0.15) is 0 Å². The van der Waals surface area contributed by atoms with E-state index in [1.54, 1.807) is 0 Å². The molecular weight excluding hydrogens is 190 g/mol. The molecule has 2 aliphatic heterocycles. The van der Waals surface area contributed by atoms with E-state index in [1.807, 2.05) is 11.9 Å². The van der Waals surface area contributed by atoms with Crippen LogP contribution in [0.1, 0.15) is 12.8 Å². The van der Waals surface area contributed by atoms with Crippen LogP contribution in [-0.4, -0.2) is 62.0 Å². The van der Waals surface area contributed by atoms with E-state index in [0.717, 1.165) is 38.6 Å². The van der Waals surface area contributed by atoms with E-state index < -0.39 is 0 Å². The summed E-state index contributed by atoms with van der Waals surface area (Å²) in [4.78, 5) is 15.6. The first-order valence-electron chi connectivity index (χ1n) is 5.93. The van der Waals surface area contributed by atoms with Crippen molar-refractivity contribution in [3.8, 4) is 0 Å². The van der Waals surface area contributed by atoms with Crippen LogP contribution in [0.4, 0.5) is 0 Å². The first kappa shape index (κ1) is 10.9. The van der Waals surface area contributed by atoms with Gasteiger partial charge in [0.15, 0.2) is 0 Å². The van der Waals surface area contributed by atoms with E-state index in [2.05, 4.69) is 10.2 Å². The van der Waals surface area contributed by atoms with Gasteiger partial charge in [0, 0.05) is 26.7 Å². The van der Waals surface area contributed by atoms with Gasteiger partial charge in [-0.25, -0.2) is 0 Å². The van der Waals surface area contributed by atoms with Gasteiger partial charge in [-0.15, -0.1) is 0 Å². The van der Waals surface area contributed by atoms with Crippen molar-refractivity contribution in [3.05, 3.63) is 0 Å². The van der Waals surface area contributed by atoms with Gasteiger partial charge < -0.3 is 10.2 Å². The zero-order valence-electron chi connectivity index (χ0n) is 9.54. The minimum absolute atomic E-state index is 0.269. The summed E-state index contributed by atoms with van der Waals surface area (Å²) in [6, 6.07) is 0. The third-order valence-corrected chi connectivity index (χ3v) is 3.45. The third-order valence-electron chi connectivity index (χ3n) is 3.45. The van der Waals surface area contributed by atoms with Crippen molar-refractivity contribution in [1.29, 1.82) is 0 Å². The van der Waals surface area contributed by atoms with Crippen LogP contribution in [0.3, 0.4) is 0 Å². The van der Waals surface area contributed by atoms with E-state index in [0.29, 0.717) is 6.54 Å². The van der Waals surface area contributed by atoms with E-state index in [4.69, 9.17) is 0 Å². The maximum atomic E-state index is 11.5. The van der Waals surface area contributed by atoms with Gasteiger partial charge in [0.25, 0.3) is 0 Å². The normalized spacial score (nSPS) is 29.5. The standard InChI is InChI=1S/C11H21N3O/c1-13-5-6-14(9-11(13)15)8-10-3-2-4-12-7-10/h10,12H,2-9H2,1H3. The molecule has 0 aromatic rings. The minimum Gasteiger partial charge on any atom is -0.343 e. The van der Waals surface area contributed by atoms with Crippen molar-refractivity contribution in [3.63, 3.8) is 0 Å². The fourth-order valence-corrected chi connectivity index (χ4v) is 2.41. The molecule has 2 rings (SSSR count). The number of hydrogen-bond acceptors (Lipinski definition) is 3. The molecule has 1 unspecified atom stereocenters. The molecule has 4 nitrogen and oxygen atoms in total. The molecule has 1 atom stereocenters. The van der Waals surface area contributed by atoms with Crippen LogP contribution >= 0.6 is 0 Å². The molecular formula is C11H21N3O. The maximum Gasteiger partial charge on any atom is 0.236 e. The molecule has 0 bridgehead atoms. The van der Waals surface area contributed by atoms with Crippen molar-refractivity contribution in [2.45, 2.75) is 12.8 Å². The van der Waals surface area contributed by atoms with Crippen LogP contribution < -0.4 is 5.32 Å². The van der Waals surface area contributed by atoms with Crippen molar-refractivity contribution in [2.75, 3.05) is 46.3 Å². The number of nitrogens with zero attached hydrogens (tertiary/aromatic N) is 2. The number of carbonyl (C=O) groups excluding carboxylic acids is 1. The second-order valence-electron chi connectivity index (χ2n) is 4.76. The lowest BCUT2D eigenvalue weighted by atomic mass is 9.99. The SMILES string of the molecule is CN1CCN(CC2CCCNC2)CC1=O. The van der Waals surface area contributed by atoms with Gasteiger partial charge in [-0.1, -0.05) is 0 Å². The summed E-state index contributed by atoms with van der Waals surface area (Å²) < 4.78 is 0. The predicted octanol–water partition coefficient (Wildman–Crippen LogP) is -0.240. The Balaban J connectivity index is 1.77. The molecule has 0 aliphatic carbocycles. The number of rotatable bonds is 2. The number of amides is 1. The summed E-state index contributed by atoms with van der Waals surface area (Å²) in [5, 5.41) is 3.42. The Morgan fingerprint density at radius 3 is 3.00 bits per heavy atom. The van der Waals surface area contributed by atoms with Gasteiger partial charge in [0.05, 0.1) is 6.54 Å². The predicted molar refractivity (Wildman–Crippen MR) is 59.7 cm³/mol. The fourth-order valence-electron chi connectivity index (χ4n) is 2.41. The topological polar surface area (TPSA) is 35.6 Å². The quantitative estimate of drug-likeness (QED) is 0.685. The monoisotopic (exact) mass is 211 g/mol. The van der Waals surface area contributed by atoms with E-state index in [9.17, 15) is 4.79 Å². The van der Waals surface area contributed by atoms with Crippen LogP contribution in [0.25, 0.3) is 0 Å². The Morgan fingerprint density at radius 1 is 1.47 bits per heavy atom. The van der Waals surface area contributed by atoms with Crippen molar-refractivity contribution >= 4 is 5.91 Å². The Hall–Kier alpha value is -0.610. The molecule has 1 amide bonds. The number of piperidine rings is 1. The number of nitrogens with one attached hydrogen (secondary N) is 1.